The molecule has 2 aromatic rings. The SMILES string of the molecule is CC(C(=O)Nc1ccccc1)N1CC(N)Cc2ccccc21. The molecule has 0 aliphatic carbocycles. The summed E-state index contributed by atoms with van der Waals surface area (Å²) in [5, 5.41) is 2.96. The van der Waals surface area contributed by atoms with Crippen molar-refractivity contribution < 1.29 is 4.79 Å². The fraction of sp³-hybridized carbons (Fsp3) is 0.278. The van der Waals surface area contributed by atoms with Crippen LogP contribution in [-0.2, 0) is 11.2 Å². The lowest BCUT2D eigenvalue weighted by Gasteiger charge is -2.38. The first-order valence-corrected chi connectivity index (χ1v) is 7.61. The average molecular weight is 295 g/mol. The van der Waals surface area contributed by atoms with Crippen LogP contribution in [0.4, 0.5) is 11.4 Å². The highest BCUT2D eigenvalue weighted by Crippen LogP contribution is 2.28. The molecule has 2 atom stereocenters. The number of hydrogen-bond donors (Lipinski definition) is 2. The second-order valence-corrected chi connectivity index (χ2v) is 5.78. The number of amides is 1. The molecule has 3 N–H and O–H groups in total. The van der Waals surface area contributed by atoms with Gasteiger partial charge in [-0.2, -0.15) is 0 Å². The number of nitrogens with zero attached hydrogens (tertiary/aromatic N) is 1. The van der Waals surface area contributed by atoms with E-state index in [0.29, 0.717) is 6.54 Å². The zero-order valence-electron chi connectivity index (χ0n) is 12.7. The minimum atomic E-state index is -0.271. The Morgan fingerprint density at radius 1 is 1.18 bits per heavy atom. The van der Waals surface area contributed by atoms with Crippen molar-refractivity contribution in [3.63, 3.8) is 0 Å². The Kier molecular flexibility index (Phi) is 4.11. The van der Waals surface area contributed by atoms with Crippen molar-refractivity contribution in [2.45, 2.75) is 25.4 Å². The summed E-state index contributed by atoms with van der Waals surface area (Å²) in [6.07, 6.45) is 0.861. The number of hydrogen-bond acceptors (Lipinski definition) is 3. The normalized spacial score (nSPS) is 18.5. The van der Waals surface area contributed by atoms with E-state index in [9.17, 15) is 4.79 Å². The van der Waals surface area contributed by atoms with Crippen molar-refractivity contribution >= 4 is 17.3 Å². The topological polar surface area (TPSA) is 58.4 Å². The molecule has 0 fully saturated rings. The number of nitrogens with one attached hydrogen (secondary N) is 1. The molecule has 0 spiro atoms. The zero-order chi connectivity index (χ0) is 15.5. The fourth-order valence-electron chi connectivity index (χ4n) is 2.94. The van der Waals surface area contributed by atoms with Gasteiger partial charge < -0.3 is 16.0 Å². The van der Waals surface area contributed by atoms with Gasteiger partial charge in [0, 0.05) is 24.0 Å². The van der Waals surface area contributed by atoms with Crippen molar-refractivity contribution in [3.8, 4) is 0 Å². The van der Waals surface area contributed by atoms with Gasteiger partial charge in [0.15, 0.2) is 0 Å². The van der Waals surface area contributed by atoms with Crippen molar-refractivity contribution in [1.29, 1.82) is 0 Å². The summed E-state index contributed by atoms with van der Waals surface area (Å²) in [4.78, 5) is 14.6. The predicted molar refractivity (Wildman–Crippen MR) is 90.0 cm³/mol. The summed E-state index contributed by atoms with van der Waals surface area (Å²) in [5.74, 6) is -0.0184. The first kappa shape index (κ1) is 14.6. The molecule has 0 aromatic heterocycles. The molecule has 1 amide bonds. The third kappa shape index (κ3) is 2.97. The van der Waals surface area contributed by atoms with E-state index in [4.69, 9.17) is 5.73 Å². The number of para-hydroxylation sites is 2. The molecule has 22 heavy (non-hydrogen) atoms. The molecule has 3 rings (SSSR count). The molecule has 4 heteroatoms. The van der Waals surface area contributed by atoms with Gasteiger partial charge in [0.1, 0.15) is 6.04 Å². The summed E-state index contributed by atoms with van der Waals surface area (Å²) in [6.45, 7) is 2.62. The van der Waals surface area contributed by atoms with Gasteiger partial charge in [0.05, 0.1) is 0 Å². The highest BCUT2D eigenvalue weighted by atomic mass is 16.2. The molecule has 2 unspecified atom stereocenters. The standard InChI is InChI=1S/C18H21N3O/c1-13(18(22)20-16-8-3-2-4-9-16)21-12-15(19)11-14-7-5-6-10-17(14)21/h2-10,13,15H,11-12,19H2,1H3,(H,20,22). The molecular formula is C18H21N3O. The number of fused-ring (bicyclic) bond motifs is 1. The van der Waals surface area contributed by atoms with E-state index >= 15 is 0 Å². The molecular weight excluding hydrogens is 274 g/mol. The molecule has 0 bridgehead atoms. The van der Waals surface area contributed by atoms with Crippen LogP contribution in [0, 0.1) is 0 Å². The van der Waals surface area contributed by atoms with Crippen LogP contribution in [-0.4, -0.2) is 24.5 Å². The van der Waals surface area contributed by atoms with Gasteiger partial charge >= 0.3 is 0 Å². The van der Waals surface area contributed by atoms with Crippen LogP contribution in [0.5, 0.6) is 0 Å². The first-order chi connectivity index (χ1) is 10.6. The maximum atomic E-state index is 12.5. The second-order valence-electron chi connectivity index (χ2n) is 5.78. The largest absolute Gasteiger partial charge is 0.358 e. The third-order valence-corrected chi connectivity index (χ3v) is 4.10. The van der Waals surface area contributed by atoms with E-state index in [0.717, 1.165) is 17.8 Å². The molecule has 0 saturated carbocycles. The minimum absolute atomic E-state index is 0.0184. The lowest BCUT2D eigenvalue weighted by atomic mass is 9.97. The highest BCUT2D eigenvalue weighted by molar-refractivity contribution is 5.96. The lowest BCUT2D eigenvalue weighted by Crippen LogP contribution is -2.51. The lowest BCUT2D eigenvalue weighted by molar-refractivity contribution is -0.117. The monoisotopic (exact) mass is 295 g/mol. The summed E-state index contributed by atoms with van der Waals surface area (Å²) < 4.78 is 0. The van der Waals surface area contributed by atoms with E-state index in [1.165, 1.54) is 5.56 Å². The maximum absolute atomic E-state index is 12.5. The Morgan fingerprint density at radius 3 is 2.64 bits per heavy atom. The van der Waals surface area contributed by atoms with Crippen LogP contribution >= 0.6 is 0 Å². The van der Waals surface area contributed by atoms with Gasteiger partial charge in [-0.25, -0.2) is 0 Å². The van der Waals surface area contributed by atoms with Crippen LogP contribution in [0.1, 0.15) is 12.5 Å². The van der Waals surface area contributed by atoms with Crippen molar-refractivity contribution in [1.82, 2.24) is 0 Å². The van der Waals surface area contributed by atoms with Crippen molar-refractivity contribution in [2.24, 2.45) is 5.73 Å². The number of rotatable bonds is 3. The Balaban J connectivity index is 1.80. The zero-order valence-corrected chi connectivity index (χ0v) is 12.7. The Morgan fingerprint density at radius 2 is 1.86 bits per heavy atom. The second kappa shape index (κ2) is 6.20. The van der Waals surface area contributed by atoms with Gasteiger partial charge in [0.25, 0.3) is 0 Å². The smallest absolute Gasteiger partial charge is 0.246 e. The number of benzene rings is 2. The summed E-state index contributed by atoms with van der Waals surface area (Å²) in [6, 6.07) is 17.5. The van der Waals surface area contributed by atoms with Crippen LogP contribution in [0.3, 0.4) is 0 Å². The first-order valence-electron chi connectivity index (χ1n) is 7.61. The minimum Gasteiger partial charge on any atom is -0.358 e. The van der Waals surface area contributed by atoms with E-state index in [-0.39, 0.29) is 18.0 Å². The van der Waals surface area contributed by atoms with Gasteiger partial charge in [-0.15, -0.1) is 0 Å². The Bertz CT molecular complexity index is 656. The van der Waals surface area contributed by atoms with Gasteiger partial charge in [-0.05, 0) is 37.1 Å². The summed E-state index contributed by atoms with van der Waals surface area (Å²) in [5.41, 5.74) is 9.29. The predicted octanol–water partition coefficient (Wildman–Crippen LogP) is 2.40. The number of anilines is 2. The number of nitrogens with two attached hydrogens (primary N) is 1. The van der Waals surface area contributed by atoms with Crippen LogP contribution in [0.25, 0.3) is 0 Å². The van der Waals surface area contributed by atoms with E-state index in [1.807, 2.05) is 49.4 Å². The third-order valence-electron chi connectivity index (χ3n) is 4.10. The molecule has 1 heterocycles. The number of carbonyl (C=O) groups excluding carboxylic acids is 1. The van der Waals surface area contributed by atoms with E-state index in [1.54, 1.807) is 0 Å². The molecule has 1 aliphatic rings. The van der Waals surface area contributed by atoms with Crippen LogP contribution in [0.2, 0.25) is 0 Å². The Labute approximate surface area is 130 Å². The summed E-state index contributed by atoms with van der Waals surface area (Å²) >= 11 is 0. The Hall–Kier alpha value is -2.33. The van der Waals surface area contributed by atoms with E-state index < -0.39 is 0 Å². The number of carbonyl (C=O) groups is 1. The van der Waals surface area contributed by atoms with Gasteiger partial charge in [0.2, 0.25) is 5.91 Å². The van der Waals surface area contributed by atoms with Crippen molar-refractivity contribution in [2.75, 3.05) is 16.8 Å². The van der Waals surface area contributed by atoms with Gasteiger partial charge in [-0.3, -0.25) is 4.79 Å². The molecule has 4 nitrogen and oxygen atoms in total. The van der Waals surface area contributed by atoms with E-state index in [2.05, 4.69) is 22.3 Å². The maximum Gasteiger partial charge on any atom is 0.246 e. The van der Waals surface area contributed by atoms with Crippen LogP contribution in [0.15, 0.2) is 54.6 Å². The quantitative estimate of drug-likeness (QED) is 0.914. The highest BCUT2D eigenvalue weighted by Gasteiger charge is 2.28. The van der Waals surface area contributed by atoms with Gasteiger partial charge in [-0.1, -0.05) is 36.4 Å². The van der Waals surface area contributed by atoms with Crippen molar-refractivity contribution in [3.05, 3.63) is 60.2 Å². The fourth-order valence-corrected chi connectivity index (χ4v) is 2.94. The molecule has 0 radical (unpaired) electrons. The summed E-state index contributed by atoms with van der Waals surface area (Å²) in [7, 11) is 0. The molecule has 2 aromatic carbocycles. The molecule has 1 aliphatic heterocycles. The molecule has 0 saturated heterocycles. The van der Waals surface area contributed by atoms with Crippen LogP contribution < -0.4 is 16.0 Å². The average Bonchev–Trinajstić information content (AvgIpc) is 2.54. The molecule has 114 valence electrons.